The summed E-state index contributed by atoms with van der Waals surface area (Å²) >= 11 is 12.7. The van der Waals surface area contributed by atoms with Crippen molar-refractivity contribution in [1.29, 1.82) is 0 Å². The first-order valence-corrected chi connectivity index (χ1v) is 10.5. The second-order valence-electron chi connectivity index (χ2n) is 7.25. The first kappa shape index (κ1) is 21.2. The standard InChI is InChI=1S/C24H20Cl2N2O3/c1-3-22(29)27-24(18-11-10-15(25)13-19(18)26)14-17(21-9-6-12-31-21)16-7-4-5-8-20(16)28(2)23(24)30/h4-14H,3H2,1-2H3,(H,27,29). The number of hydrogen-bond donors (Lipinski definition) is 1. The number of likely N-dealkylation sites (N-methyl/N-ethyl adjacent to an activating group) is 1. The summed E-state index contributed by atoms with van der Waals surface area (Å²) in [5.41, 5.74) is 1.01. The molecule has 0 spiro atoms. The van der Waals surface area contributed by atoms with Crippen molar-refractivity contribution in [3.05, 3.63) is 93.9 Å². The summed E-state index contributed by atoms with van der Waals surface area (Å²) in [5.74, 6) is -0.0861. The van der Waals surface area contributed by atoms with Crippen molar-refractivity contribution in [2.75, 3.05) is 11.9 Å². The van der Waals surface area contributed by atoms with E-state index in [0.717, 1.165) is 5.56 Å². The molecule has 2 heterocycles. The lowest BCUT2D eigenvalue weighted by atomic mass is 9.85. The van der Waals surface area contributed by atoms with Crippen LogP contribution in [0.4, 0.5) is 5.69 Å². The molecule has 158 valence electrons. The molecule has 3 aromatic rings. The van der Waals surface area contributed by atoms with Crippen LogP contribution in [0.3, 0.4) is 0 Å². The summed E-state index contributed by atoms with van der Waals surface area (Å²) < 4.78 is 5.70. The SMILES string of the molecule is CCC(=O)NC1(c2ccc(Cl)cc2Cl)C=C(c2ccco2)c2ccccc2N(C)C1=O. The molecule has 0 fully saturated rings. The third-order valence-electron chi connectivity index (χ3n) is 5.36. The second-order valence-corrected chi connectivity index (χ2v) is 8.09. The van der Waals surface area contributed by atoms with E-state index in [-0.39, 0.29) is 23.3 Å². The number of para-hydroxylation sites is 1. The third-order valence-corrected chi connectivity index (χ3v) is 5.91. The molecule has 2 amide bonds. The summed E-state index contributed by atoms with van der Waals surface area (Å²) in [6, 6.07) is 16.0. The highest BCUT2D eigenvalue weighted by molar-refractivity contribution is 6.35. The van der Waals surface area contributed by atoms with Crippen LogP contribution in [0.15, 0.2) is 71.4 Å². The zero-order valence-corrected chi connectivity index (χ0v) is 18.5. The minimum absolute atomic E-state index is 0.195. The number of hydrogen-bond acceptors (Lipinski definition) is 3. The molecule has 1 aliphatic heterocycles. The summed E-state index contributed by atoms with van der Waals surface area (Å²) in [7, 11) is 1.68. The maximum atomic E-state index is 14.0. The highest BCUT2D eigenvalue weighted by Crippen LogP contribution is 2.43. The number of furan rings is 1. The zero-order valence-electron chi connectivity index (χ0n) is 17.0. The maximum Gasteiger partial charge on any atom is 0.261 e. The van der Waals surface area contributed by atoms with E-state index in [9.17, 15) is 9.59 Å². The molecule has 31 heavy (non-hydrogen) atoms. The minimum Gasteiger partial charge on any atom is -0.464 e. The molecular weight excluding hydrogens is 435 g/mol. The number of carbonyl (C=O) groups excluding carboxylic acids is 2. The number of nitrogens with zero attached hydrogens (tertiary/aromatic N) is 1. The maximum absolute atomic E-state index is 14.0. The van der Waals surface area contributed by atoms with Crippen LogP contribution < -0.4 is 10.2 Å². The van der Waals surface area contributed by atoms with Crippen LogP contribution in [-0.2, 0) is 15.1 Å². The summed E-state index contributed by atoms with van der Waals surface area (Å²) in [5, 5.41) is 3.63. The Morgan fingerprint density at radius 3 is 2.58 bits per heavy atom. The van der Waals surface area contributed by atoms with Gasteiger partial charge in [0.1, 0.15) is 5.76 Å². The molecule has 1 aliphatic rings. The molecule has 0 aliphatic carbocycles. The van der Waals surface area contributed by atoms with Gasteiger partial charge in [0.2, 0.25) is 5.91 Å². The van der Waals surface area contributed by atoms with E-state index in [1.807, 2.05) is 30.3 Å². The van der Waals surface area contributed by atoms with Crippen LogP contribution in [0.1, 0.15) is 30.2 Å². The predicted octanol–water partition coefficient (Wildman–Crippen LogP) is 5.42. The van der Waals surface area contributed by atoms with E-state index in [0.29, 0.717) is 27.6 Å². The number of halogens is 2. The van der Waals surface area contributed by atoms with Gasteiger partial charge in [-0.15, -0.1) is 0 Å². The van der Waals surface area contributed by atoms with Crippen molar-refractivity contribution in [2.45, 2.75) is 18.9 Å². The van der Waals surface area contributed by atoms with E-state index in [4.69, 9.17) is 27.6 Å². The zero-order chi connectivity index (χ0) is 22.2. The Hall–Kier alpha value is -3.02. The molecular formula is C24H20Cl2N2O3. The lowest BCUT2D eigenvalue weighted by Gasteiger charge is -2.34. The lowest BCUT2D eigenvalue weighted by molar-refractivity contribution is -0.130. The number of amides is 2. The second kappa shape index (κ2) is 8.25. The number of nitrogens with one attached hydrogen (secondary N) is 1. The Kier molecular flexibility index (Phi) is 5.65. The minimum atomic E-state index is -1.56. The van der Waals surface area contributed by atoms with Gasteiger partial charge in [-0.3, -0.25) is 9.59 Å². The fourth-order valence-corrected chi connectivity index (χ4v) is 4.38. The fraction of sp³-hybridized carbons (Fsp3) is 0.167. The van der Waals surface area contributed by atoms with Crippen LogP contribution in [-0.4, -0.2) is 18.9 Å². The van der Waals surface area contributed by atoms with Gasteiger partial charge in [0.05, 0.1) is 12.0 Å². The largest absolute Gasteiger partial charge is 0.464 e. The Balaban J connectivity index is 2.09. The van der Waals surface area contributed by atoms with E-state index >= 15 is 0 Å². The van der Waals surface area contributed by atoms with E-state index in [1.165, 1.54) is 4.90 Å². The van der Waals surface area contributed by atoms with Crippen LogP contribution in [0, 0.1) is 0 Å². The molecule has 4 rings (SSSR count). The van der Waals surface area contributed by atoms with E-state index in [1.54, 1.807) is 50.6 Å². The van der Waals surface area contributed by atoms with Gasteiger partial charge >= 0.3 is 0 Å². The van der Waals surface area contributed by atoms with Crippen molar-refractivity contribution in [1.82, 2.24) is 5.32 Å². The van der Waals surface area contributed by atoms with Gasteiger partial charge in [0.15, 0.2) is 5.54 Å². The van der Waals surface area contributed by atoms with Crippen LogP contribution >= 0.6 is 23.2 Å². The molecule has 0 bridgehead atoms. The molecule has 1 atom stereocenters. The van der Waals surface area contributed by atoms with Gasteiger partial charge in [-0.05, 0) is 36.4 Å². The van der Waals surface area contributed by atoms with Gasteiger partial charge in [0, 0.05) is 40.2 Å². The van der Waals surface area contributed by atoms with Crippen molar-refractivity contribution in [2.24, 2.45) is 0 Å². The normalized spacial score (nSPS) is 18.3. The first-order chi connectivity index (χ1) is 14.9. The van der Waals surface area contributed by atoms with Gasteiger partial charge in [-0.2, -0.15) is 0 Å². The number of benzene rings is 2. The van der Waals surface area contributed by atoms with Gasteiger partial charge in [-0.1, -0.05) is 54.4 Å². The fourth-order valence-electron chi connectivity index (χ4n) is 3.83. The summed E-state index contributed by atoms with van der Waals surface area (Å²) in [4.78, 5) is 28.2. The number of anilines is 1. The smallest absolute Gasteiger partial charge is 0.261 e. The Labute approximate surface area is 190 Å². The van der Waals surface area contributed by atoms with Crippen molar-refractivity contribution in [3.8, 4) is 0 Å². The van der Waals surface area contributed by atoms with Crippen LogP contribution in [0.5, 0.6) is 0 Å². The van der Waals surface area contributed by atoms with Gasteiger partial charge < -0.3 is 14.6 Å². The van der Waals surface area contributed by atoms with Gasteiger partial charge in [0.25, 0.3) is 5.91 Å². The Morgan fingerprint density at radius 2 is 1.90 bits per heavy atom. The van der Waals surface area contributed by atoms with Crippen LogP contribution in [0.25, 0.3) is 5.57 Å². The Bertz CT molecular complexity index is 1190. The molecule has 7 heteroatoms. The molecule has 2 aromatic carbocycles. The third kappa shape index (κ3) is 3.64. The number of rotatable bonds is 4. The van der Waals surface area contributed by atoms with Crippen molar-refractivity contribution < 1.29 is 14.0 Å². The highest BCUT2D eigenvalue weighted by atomic mass is 35.5. The molecule has 1 N–H and O–H groups in total. The summed E-state index contributed by atoms with van der Waals surface area (Å²) in [6.45, 7) is 1.73. The topological polar surface area (TPSA) is 62.6 Å². The highest BCUT2D eigenvalue weighted by Gasteiger charge is 2.46. The van der Waals surface area contributed by atoms with E-state index in [2.05, 4.69) is 5.32 Å². The predicted molar refractivity (Wildman–Crippen MR) is 122 cm³/mol. The average molecular weight is 455 g/mol. The lowest BCUT2D eigenvalue weighted by Crippen LogP contribution is -2.55. The molecule has 0 saturated heterocycles. The van der Waals surface area contributed by atoms with Crippen molar-refractivity contribution >= 4 is 46.3 Å². The summed E-state index contributed by atoms with van der Waals surface area (Å²) in [6.07, 6.45) is 3.48. The molecule has 1 unspecified atom stereocenters. The number of fused-ring (bicyclic) bond motifs is 1. The Morgan fingerprint density at radius 1 is 1.13 bits per heavy atom. The van der Waals surface area contributed by atoms with Crippen LogP contribution in [0.2, 0.25) is 10.0 Å². The quantitative estimate of drug-likeness (QED) is 0.572. The average Bonchev–Trinajstić information content (AvgIpc) is 3.27. The first-order valence-electron chi connectivity index (χ1n) is 9.78. The van der Waals surface area contributed by atoms with Gasteiger partial charge in [-0.25, -0.2) is 0 Å². The number of carbonyl (C=O) groups is 2. The molecule has 1 aromatic heterocycles. The van der Waals surface area contributed by atoms with E-state index < -0.39 is 5.54 Å². The molecule has 0 saturated carbocycles. The monoisotopic (exact) mass is 454 g/mol. The molecule has 5 nitrogen and oxygen atoms in total. The van der Waals surface area contributed by atoms with Crippen molar-refractivity contribution in [3.63, 3.8) is 0 Å². The molecule has 0 radical (unpaired) electrons.